The van der Waals surface area contributed by atoms with Crippen LogP contribution in [0.2, 0.25) is 19.6 Å². The van der Waals surface area contributed by atoms with Crippen LogP contribution in [-0.4, -0.2) is 23.9 Å². The molecule has 1 radical (unpaired) electrons. The van der Waals surface area contributed by atoms with Gasteiger partial charge in [0.25, 0.3) is 0 Å². The molecule has 4 aromatic rings. The van der Waals surface area contributed by atoms with Crippen LogP contribution >= 0.6 is 11.3 Å². The number of aryl methyl sites for hydroxylation is 2. The van der Waals surface area contributed by atoms with Crippen LogP contribution in [0.3, 0.4) is 0 Å². The average Bonchev–Trinajstić information content (AvgIpc) is 3.27. The summed E-state index contributed by atoms with van der Waals surface area (Å²) in [6.45, 7) is 19.5. The standard InChI is InChI=1S/C22H22NSSi.C13H24O2.Ir/c1-14-10-15(2)12-16(11-14)21-22-18(8-9-23-21)19-13-17(25(3,4)5)6-7-20(19)24-22;1-5-10(6-2)12(14)9-13(15)11(7-3)8-4;/h6-11,13H,1-5H3;9-11,14H,5-8H2,1-4H3;/q-1;;/b;12-9-;. The van der Waals surface area contributed by atoms with E-state index in [1.54, 1.807) is 0 Å². The topological polar surface area (TPSA) is 50.2 Å². The number of pyridine rings is 1. The molecule has 0 unspecified atom stereocenters. The minimum absolute atomic E-state index is 0. The number of aliphatic hydroxyl groups is 1. The summed E-state index contributed by atoms with van der Waals surface area (Å²) in [6, 6.07) is 17.0. The summed E-state index contributed by atoms with van der Waals surface area (Å²) in [5.74, 6) is 0.547. The maximum absolute atomic E-state index is 11.7. The second kappa shape index (κ2) is 15.4. The van der Waals surface area contributed by atoms with E-state index in [-0.39, 0.29) is 43.5 Å². The molecule has 0 amide bonds. The molecule has 0 aliphatic rings. The minimum atomic E-state index is -1.32. The Hall–Kier alpha value is -2.11. The van der Waals surface area contributed by atoms with E-state index in [9.17, 15) is 9.90 Å². The molecule has 0 saturated carbocycles. The summed E-state index contributed by atoms with van der Waals surface area (Å²) < 4.78 is 2.61. The molecule has 0 fully saturated rings. The number of hydrogen-bond acceptors (Lipinski definition) is 4. The molecule has 1 N–H and O–H groups in total. The van der Waals surface area contributed by atoms with Gasteiger partial charge in [0.1, 0.15) is 0 Å². The molecule has 0 spiro atoms. The van der Waals surface area contributed by atoms with Gasteiger partial charge in [-0.25, -0.2) is 0 Å². The molecule has 0 saturated heterocycles. The number of ketones is 1. The summed E-state index contributed by atoms with van der Waals surface area (Å²) in [7, 11) is -1.32. The fourth-order valence-corrected chi connectivity index (χ4v) is 7.51. The number of aromatic nitrogens is 1. The number of thiophene rings is 1. The van der Waals surface area contributed by atoms with Crippen molar-refractivity contribution in [1.82, 2.24) is 4.98 Å². The second-order valence-electron chi connectivity index (χ2n) is 11.9. The van der Waals surface area contributed by atoms with Crippen LogP contribution in [0.15, 0.2) is 54.4 Å². The van der Waals surface area contributed by atoms with E-state index in [1.165, 1.54) is 37.0 Å². The third-order valence-corrected chi connectivity index (χ3v) is 11.0. The molecule has 6 heteroatoms. The zero-order chi connectivity index (χ0) is 29.6. The van der Waals surface area contributed by atoms with Crippen LogP contribution in [0.4, 0.5) is 0 Å². The van der Waals surface area contributed by atoms with E-state index >= 15 is 0 Å². The van der Waals surface area contributed by atoms with Crippen molar-refractivity contribution < 1.29 is 30.0 Å². The normalized spacial score (nSPS) is 12.0. The fourth-order valence-electron chi connectivity index (χ4n) is 5.16. The van der Waals surface area contributed by atoms with Gasteiger partial charge in [0, 0.05) is 59.3 Å². The first-order valence-corrected chi connectivity index (χ1v) is 19.0. The van der Waals surface area contributed by atoms with E-state index in [4.69, 9.17) is 4.98 Å². The first kappa shape index (κ1) is 35.1. The van der Waals surface area contributed by atoms with Crippen molar-refractivity contribution in [2.75, 3.05) is 0 Å². The Labute approximate surface area is 265 Å². The summed E-state index contributed by atoms with van der Waals surface area (Å²) >= 11 is 1.85. The molecule has 0 atom stereocenters. The van der Waals surface area contributed by atoms with Crippen molar-refractivity contribution in [2.45, 2.75) is 86.9 Å². The fraction of sp³-hybridized carbons (Fsp3) is 0.429. The third kappa shape index (κ3) is 8.70. The molecule has 2 aromatic carbocycles. The molecule has 0 bridgehead atoms. The van der Waals surface area contributed by atoms with Gasteiger partial charge in [-0.15, -0.1) is 46.2 Å². The van der Waals surface area contributed by atoms with Gasteiger partial charge in [-0.1, -0.05) is 78.5 Å². The first-order valence-electron chi connectivity index (χ1n) is 14.7. The van der Waals surface area contributed by atoms with E-state index in [0.717, 1.165) is 42.5 Å². The van der Waals surface area contributed by atoms with Gasteiger partial charge in [0.05, 0.1) is 13.8 Å². The van der Waals surface area contributed by atoms with Crippen molar-refractivity contribution in [3.05, 3.63) is 71.6 Å². The number of hydrogen-bond donors (Lipinski definition) is 1. The van der Waals surface area contributed by atoms with Crippen LogP contribution in [0, 0.1) is 31.7 Å². The summed E-state index contributed by atoms with van der Waals surface area (Å²) in [4.78, 5) is 16.4. The van der Waals surface area contributed by atoms with Crippen molar-refractivity contribution in [2.24, 2.45) is 11.8 Å². The number of allylic oxidation sites excluding steroid dienone is 2. The number of carbonyl (C=O) groups is 1. The summed E-state index contributed by atoms with van der Waals surface area (Å²) in [6.07, 6.45) is 6.85. The molecule has 0 aliphatic carbocycles. The van der Waals surface area contributed by atoms with Gasteiger partial charge in [-0.3, -0.25) is 4.79 Å². The van der Waals surface area contributed by atoms with Gasteiger partial charge in [-0.05, 0) is 48.6 Å². The van der Waals surface area contributed by atoms with Crippen molar-refractivity contribution >= 4 is 50.6 Å². The third-order valence-electron chi connectivity index (χ3n) is 7.74. The first-order chi connectivity index (χ1) is 18.9. The number of aliphatic hydroxyl groups excluding tert-OH is 1. The second-order valence-corrected chi connectivity index (χ2v) is 18.0. The molecule has 0 aliphatic heterocycles. The van der Waals surface area contributed by atoms with Gasteiger partial charge in [0.15, 0.2) is 5.78 Å². The van der Waals surface area contributed by atoms with Crippen LogP contribution in [0.1, 0.15) is 64.5 Å². The zero-order valence-electron chi connectivity index (χ0n) is 26.1. The van der Waals surface area contributed by atoms with E-state index in [2.05, 4.69) is 76.0 Å². The van der Waals surface area contributed by atoms with Gasteiger partial charge < -0.3 is 10.1 Å². The van der Waals surface area contributed by atoms with Gasteiger partial charge >= 0.3 is 0 Å². The Bertz CT molecular complexity index is 1470. The van der Waals surface area contributed by atoms with E-state index < -0.39 is 8.07 Å². The zero-order valence-corrected chi connectivity index (χ0v) is 30.4. The van der Waals surface area contributed by atoms with Crippen molar-refractivity contribution in [1.29, 1.82) is 0 Å². The van der Waals surface area contributed by atoms with Crippen LogP contribution < -0.4 is 5.19 Å². The smallest absolute Gasteiger partial charge is 0.162 e. The maximum atomic E-state index is 11.7. The Morgan fingerprint density at radius 3 is 2.15 bits per heavy atom. The number of carbonyl (C=O) groups excluding carboxylic acids is 1. The van der Waals surface area contributed by atoms with E-state index in [1.807, 2.05) is 45.2 Å². The number of nitrogens with zero attached hydrogens (tertiary/aromatic N) is 1. The minimum Gasteiger partial charge on any atom is -0.512 e. The molecule has 223 valence electrons. The van der Waals surface area contributed by atoms with Crippen LogP contribution in [0.25, 0.3) is 31.4 Å². The average molecular weight is 765 g/mol. The molecule has 2 heterocycles. The molecule has 2 aromatic heterocycles. The maximum Gasteiger partial charge on any atom is 0.162 e. The van der Waals surface area contributed by atoms with Crippen molar-refractivity contribution in [3.8, 4) is 11.3 Å². The Balaban J connectivity index is 0.000000320. The Morgan fingerprint density at radius 2 is 1.59 bits per heavy atom. The number of fused-ring (bicyclic) bond motifs is 3. The van der Waals surface area contributed by atoms with Gasteiger partial charge in [-0.2, -0.15) is 0 Å². The Kier molecular flexibility index (Phi) is 13.2. The summed E-state index contributed by atoms with van der Waals surface area (Å²) in [5.41, 5.74) is 4.57. The molecule has 41 heavy (non-hydrogen) atoms. The van der Waals surface area contributed by atoms with E-state index in [0.29, 0.717) is 0 Å². The molecule has 4 rings (SSSR count). The monoisotopic (exact) mass is 765 g/mol. The predicted octanol–water partition coefficient (Wildman–Crippen LogP) is 9.95. The molecular weight excluding hydrogens is 719 g/mol. The molecule has 3 nitrogen and oxygen atoms in total. The summed E-state index contributed by atoms with van der Waals surface area (Å²) in [5, 5.41) is 14.0. The quantitative estimate of drug-likeness (QED) is 0.0800. The number of benzene rings is 2. The SMILES string of the molecule is CCC(CC)C(=O)/C=C(\O)C(CC)CC.Cc1[c-]c(-c2nccc3c2sc2ccc([Si](C)(C)C)cc23)cc(C)c1.[Ir]. The largest absolute Gasteiger partial charge is 0.512 e. The predicted molar refractivity (Wildman–Crippen MR) is 178 cm³/mol. The Morgan fingerprint density at radius 1 is 0.951 bits per heavy atom. The van der Waals surface area contributed by atoms with Crippen molar-refractivity contribution in [3.63, 3.8) is 0 Å². The van der Waals surface area contributed by atoms with Gasteiger partial charge in [0.2, 0.25) is 0 Å². The number of rotatable bonds is 9. The van der Waals surface area contributed by atoms with Crippen LogP contribution in [-0.2, 0) is 24.9 Å². The molecular formula is C35H46IrNO2SSi-. The van der Waals surface area contributed by atoms with Crippen LogP contribution in [0.5, 0.6) is 0 Å².